The molecule has 0 unspecified atom stereocenters. The van der Waals surface area contributed by atoms with Gasteiger partial charge in [0.2, 0.25) is 0 Å². The highest BCUT2D eigenvalue weighted by molar-refractivity contribution is 6.35. The van der Waals surface area contributed by atoms with Crippen LogP contribution in [0, 0.1) is 0 Å². The van der Waals surface area contributed by atoms with E-state index in [4.69, 9.17) is 4.74 Å². The molecule has 2 rings (SSSR count). The average Bonchev–Trinajstić information content (AvgIpc) is 3.22. The molecule has 0 saturated heterocycles. The van der Waals surface area contributed by atoms with Crippen molar-refractivity contribution in [2.75, 3.05) is 10.6 Å². The summed E-state index contributed by atoms with van der Waals surface area (Å²) in [5, 5.41) is 15.2. The van der Waals surface area contributed by atoms with Crippen LogP contribution in [0.1, 0.15) is 45.1 Å². The van der Waals surface area contributed by atoms with Crippen LogP contribution < -0.4 is 15.7 Å². The van der Waals surface area contributed by atoms with Crippen molar-refractivity contribution in [2.24, 2.45) is 0 Å². The number of aliphatic carboxylic acids is 1. The number of carbonyl (C=O) groups is 3. The van der Waals surface area contributed by atoms with Crippen LogP contribution in [0.25, 0.3) is 0 Å². The van der Waals surface area contributed by atoms with Gasteiger partial charge in [-0.1, -0.05) is 0 Å². The van der Waals surface area contributed by atoms with Crippen LogP contribution in [0.4, 0.5) is 16.3 Å². The number of carboxylic acid groups (broad SMARTS) is 1. The van der Waals surface area contributed by atoms with Gasteiger partial charge in [-0.15, -0.1) is 0 Å². The van der Waals surface area contributed by atoms with E-state index in [2.05, 4.69) is 15.6 Å². The highest BCUT2D eigenvalue weighted by atomic mass is 16.6. The Balaban J connectivity index is 2.15. The molecular formula is C15H18N3O5-. The number of aromatic nitrogens is 1. The minimum absolute atomic E-state index is 0.215. The lowest BCUT2D eigenvalue weighted by Gasteiger charge is -2.20. The Morgan fingerprint density at radius 3 is 2.43 bits per heavy atom. The van der Waals surface area contributed by atoms with Gasteiger partial charge < -0.3 is 20.0 Å². The van der Waals surface area contributed by atoms with E-state index < -0.39 is 23.6 Å². The largest absolute Gasteiger partial charge is 0.540 e. The Kier molecular flexibility index (Phi) is 4.53. The molecule has 0 atom stereocenters. The summed E-state index contributed by atoms with van der Waals surface area (Å²) < 4.78 is 5.18. The molecule has 8 nitrogen and oxygen atoms in total. The van der Waals surface area contributed by atoms with E-state index in [0.29, 0.717) is 5.82 Å². The molecule has 0 aromatic carbocycles. The third-order valence-electron chi connectivity index (χ3n) is 3.00. The highest BCUT2D eigenvalue weighted by Gasteiger charge is 2.28. The molecule has 1 aliphatic rings. The summed E-state index contributed by atoms with van der Waals surface area (Å²) in [6, 6.07) is 1.60. The van der Waals surface area contributed by atoms with Crippen molar-refractivity contribution >= 4 is 29.5 Å². The van der Waals surface area contributed by atoms with Crippen molar-refractivity contribution in [1.29, 1.82) is 0 Å². The summed E-state index contributed by atoms with van der Waals surface area (Å²) >= 11 is 0. The van der Waals surface area contributed by atoms with Gasteiger partial charge in [0.15, 0.2) is 0 Å². The maximum atomic E-state index is 11.8. The fourth-order valence-electron chi connectivity index (χ4n) is 1.94. The number of carbonyl (C=O) groups excluding carboxylic acids is 3. The lowest BCUT2D eigenvalue weighted by atomic mass is 10.1. The number of nitrogens with one attached hydrogen (secondary N) is 2. The van der Waals surface area contributed by atoms with E-state index in [-0.39, 0.29) is 11.6 Å². The van der Waals surface area contributed by atoms with Gasteiger partial charge in [0.1, 0.15) is 17.4 Å². The number of anilines is 2. The summed E-state index contributed by atoms with van der Waals surface area (Å²) in [4.78, 5) is 37.5. The third-order valence-corrected chi connectivity index (χ3v) is 3.00. The molecule has 0 spiro atoms. The van der Waals surface area contributed by atoms with Gasteiger partial charge in [-0.05, 0) is 45.6 Å². The standard InChI is InChI=1S/C15H19N3O5/c1-15(2,3)23-14(22)18-11-10(8-4-5-8)6-9(7-16-11)17-12(19)13(20)21/h6-8H,4-5H2,1-3H3,(H,17,19)(H,20,21)(H,16,18,22)/p-1. The summed E-state index contributed by atoms with van der Waals surface area (Å²) in [7, 11) is 0. The average molecular weight is 320 g/mol. The molecule has 2 amide bonds. The van der Waals surface area contributed by atoms with Crippen LogP contribution in [-0.2, 0) is 14.3 Å². The van der Waals surface area contributed by atoms with E-state index in [9.17, 15) is 19.5 Å². The van der Waals surface area contributed by atoms with Crippen molar-refractivity contribution in [2.45, 2.75) is 45.1 Å². The van der Waals surface area contributed by atoms with E-state index in [1.54, 1.807) is 26.8 Å². The third kappa shape index (κ3) is 4.94. The first-order chi connectivity index (χ1) is 10.7. The maximum absolute atomic E-state index is 11.8. The molecule has 23 heavy (non-hydrogen) atoms. The summed E-state index contributed by atoms with van der Waals surface area (Å²) in [5.41, 5.74) is 0.328. The minimum Gasteiger partial charge on any atom is -0.540 e. The van der Waals surface area contributed by atoms with Crippen molar-refractivity contribution in [3.05, 3.63) is 17.8 Å². The van der Waals surface area contributed by atoms with Crippen LogP contribution >= 0.6 is 0 Å². The number of nitrogens with zero attached hydrogens (tertiary/aromatic N) is 1. The van der Waals surface area contributed by atoms with Gasteiger partial charge in [0, 0.05) is 5.56 Å². The second-order valence-electron chi connectivity index (χ2n) is 6.30. The molecule has 8 heteroatoms. The van der Waals surface area contributed by atoms with Crippen LogP contribution in [0.15, 0.2) is 12.3 Å². The van der Waals surface area contributed by atoms with Crippen molar-refractivity contribution < 1.29 is 24.2 Å². The SMILES string of the molecule is CC(C)(C)OC(=O)Nc1ncc(NC(=O)C(=O)[O-])cc1C1CC1. The maximum Gasteiger partial charge on any atom is 0.413 e. The smallest absolute Gasteiger partial charge is 0.413 e. The zero-order valence-electron chi connectivity index (χ0n) is 13.1. The number of rotatable bonds is 3. The molecule has 124 valence electrons. The number of amides is 2. The molecule has 0 radical (unpaired) electrons. The predicted molar refractivity (Wildman–Crippen MR) is 79.7 cm³/mol. The van der Waals surface area contributed by atoms with Crippen molar-refractivity contribution in [1.82, 2.24) is 4.98 Å². The van der Waals surface area contributed by atoms with Crippen molar-refractivity contribution in [3.8, 4) is 0 Å². The first-order valence-corrected chi connectivity index (χ1v) is 7.18. The van der Waals surface area contributed by atoms with Gasteiger partial charge in [0.05, 0.1) is 11.9 Å². The van der Waals surface area contributed by atoms with Crippen LogP contribution in [0.2, 0.25) is 0 Å². The summed E-state index contributed by atoms with van der Waals surface area (Å²) in [6.45, 7) is 5.25. The van der Waals surface area contributed by atoms with E-state index in [1.807, 2.05) is 0 Å². The minimum atomic E-state index is -1.83. The molecule has 1 aromatic heterocycles. The lowest BCUT2D eigenvalue weighted by Crippen LogP contribution is -2.36. The Labute approximate surface area is 133 Å². The first kappa shape index (κ1) is 16.7. The Bertz CT molecular complexity index is 647. The molecule has 1 aromatic rings. The van der Waals surface area contributed by atoms with E-state index in [1.165, 1.54) is 6.20 Å². The topological polar surface area (TPSA) is 120 Å². The Morgan fingerprint density at radius 1 is 1.26 bits per heavy atom. The molecular weight excluding hydrogens is 302 g/mol. The number of hydrogen-bond acceptors (Lipinski definition) is 6. The number of hydrogen-bond donors (Lipinski definition) is 2. The second kappa shape index (κ2) is 6.23. The zero-order valence-corrected chi connectivity index (χ0v) is 13.1. The normalized spacial score (nSPS) is 14.0. The quantitative estimate of drug-likeness (QED) is 0.801. The van der Waals surface area contributed by atoms with Crippen LogP contribution in [0.5, 0.6) is 0 Å². The van der Waals surface area contributed by atoms with Gasteiger partial charge >= 0.3 is 6.09 Å². The number of carboxylic acids is 1. The molecule has 0 aliphatic heterocycles. The van der Waals surface area contributed by atoms with Crippen molar-refractivity contribution in [3.63, 3.8) is 0 Å². The summed E-state index contributed by atoms with van der Waals surface area (Å²) in [6.07, 6.45) is 2.50. The van der Waals surface area contributed by atoms with E-state index in [0.717, 1.165) is 18.4 Å². The summed E-state index contributed by atoms with van der Waals surface area (Å²) in [5.74, 6) is -2.52. The first-order valence-electron chi connectivity index (χ1n) is 7.18. The molecule has 0 bridgehead atoms. The number of ether oxygens (including phenoxy) is 1. The zero-order chi connectivity index (χ0) is 17.2. The van der Waals surface area contributed by atoms with Gasteiger partial charge in [-0.25, -0.2) is 9.78 Å². The number of pyridine rings is 1. The predicted octanol–water partition coefficient (Wildman–Crippen LogP) is 0.994. The molecule has 1 fully saturated rings. The van der Waals surface area contributed by atoms with Gasteiger partial charge in [-0.3, -0.25) is 10.1 Å². The fourth-order valence-corrected chi connectivity index (χ4v) is 1.94. The van der Waals surface area contributed by atoms with Crippen LogP contribution in [0.3, 0.4) is 0 Å². The Morgan fingerprint density at radius 2 is 1.91 bits per heavy atom. The molecule has 1 aliphatic carbocycles. The Hall–Kier alpha value is -2.64. The van der Waals surface area contributed by atoms with Gasteiger partial charge in [-0.2, -0.15) is 0 Å². The van der Waals surface area contributed by atoms with Gasteiger partial charge in [0.25, 0.3) is 5.91 Å². The molecule has 2 N–H and O–H groups in total. The fraction of sp³-hybridized carbons (Fsp3) is 0.467. The molecule has 1 heterocycles. The van der Waals surface area contributed by atoms with E-state index >= 15 is 0 Å². The van der Waals surface area contributed by atoms with Crippen LogP contribution in [-0.4, -0.2) is 28.6 Å². The highest BCUT2D eigenvalue weighted by Crippen LogP contribution is 2.43. The monoisotopic (exact) mass is 320 g/mol. The molecule has 1 saturated carbocycles. The second-order valence-corrected chi connectivity index (χ2v) is 6.30. The lowest BCUT2D eigenvalue weighted by molar-refractivity contribution is -0.299.